The third kappa shape index (κ3) is 5.03. The summed E-state index contributed by atoms with van der Waals surface area (Å²) in [5.74, 6) is 1.66. The van der Waals surface area contributed by atoms with Crippen molar-refractivity contribution in [3.05, 3.63) is 28.8 Å². The number of guanidine groups is 1. The Kier molecular flexibility index (Phi) is 6.73. The molecule has 24 heavy (non-hydrogen) atoms. The van der Waals surface area contributed by atoms with Crippen LogP contribution in [0, 0.1) is 0 Å². The molecule has 7 heteroatoms. The van der Waals surface area contributed by atoms with Crippen LogP contribution in [-0.2, 0) is 11.3 Å². The van der Waals surface area contributed by atoms with Crippen molar-refractivity contribution in [2.75, 3.05) is 27.2 Å². The Morgan fingerprint density at radius 1 is 1.50 bits per heavy atom. The third-order valence-corrected chi connectivity index (χ3v) is 4.20. The van der Waals surface area contributed by atoms with E-state index in [0.717, 1.165) is 30.2 Å². The van der Waals surface area contributed by atoms with Gasteiger partial charge >= 0.3 is 0 Å². The van der Waals surface area contributed by atoms with Gasteiger partial charge in [0.1, 0.15) is 5.75 Å². The summed E-state index contributed by atoms with van der Waals surface area (Å²) >= 11 is 5.99. The highest BCUT2D eigenvalue weighted by Gasteiger charge is 2.23. The molecule has 0 aromatic heterocycles. The minimum atomic E-state index is 0.195. The van der Waals surface area contributed by atoms with E-state index in [4.69, 9.17) is 16.3 Å². The van der Waals surface area contributed by atoms with Crippen LogP contribution < -0.4 is 15.4 Å². The van der Waals surface area contributed by atoms with E-state index in [0.29, 0.717) is 24.5 Å². The molecule has 1 aromatic rings. The van der Waals surface area contributed by atoms with E-state index in [1.807, 2.05) is 26.1 Å². The number of hydrogen-bond acceptors (Lipinski definition) is 3. The maximum atomic E-state index is 11.6. The zero-order valence-corrected chi connectivity index (χ0v) is 15.2. The summed E-state index contributed by atoms with van der Waals surface area (Å²) in [6, 6.07) is 5.74. The molecule has 0 radical (unpaired) electrons. The van der Waals surface area contributed by atoms with Gasteiger partial charge in [0.25, 0.3) is 0 Å². The number of hydrogen-bond donors (Lipinski definition) is 2. The summed E-state index contributed by atoms with van der Waals surface area (Å²) < 4.78 is 5.36. The van der Waals surface area contributed by atoms with Crippen molar-refractivity contribution in [1.29, 1.82) is 0 Å². The Hall–Kier alpha value is -1.95. The van der Waals surface area contributed by atoms with Crippen LogP contribution in [-0.4, -0.2) is 50.1 Å². The summed E-state index contributed by atoms with van der Waals surface area (Å²) in [4.78, 5) is 18.0. The number of ether oxygens (including phenoxy) is 1. The molecule has 0 saturated carbocycles. The summed E-state index contributed by atoms with van der Waals surface area (Å²) in [6.07, 6.45) is 1.39. The molecule has 1 aliphatic heterocycles. The number of amides is 1. The van der Waals surface area contributed by atoms with Crippen molar-refractivity contribution in [1.82, 2.24) is 15.5 Å². The van der Waals surface area contributed by atoms with Crippen molar-refractivity contribution in [3.8, 4) is 5.75 Å². The van der Waals surface area contributed by atoms with Gasteiger partial charge in [0, 0.05) is 43.2 Å². The maximum Gasteiger partial charge on any atom is 0.222 e. The molecule has 1 heterocycles. The van der Waals surface area contributed by atoms with Crippen LogP contribution in [0.3, 0.4) is 0 Å². The normalized spacial score (nSPS) is 18.5. The lowest BCUT2D eigenvalue weighted by atomic mass is 10.1. The van der Waals surface area contributed by atoms with Gasteiger partial charge in [-0.25, -0.2) is 4.99 Å². The number of carbonyl (C=O) groups excluding carboxylic acids is 1. The van der Waals surface area contributed by atoms with Gasteiger partial charge in [0.05, 0.1) is 13.7 Å². The molecule has 1 unspecified atom stereocenters. The molecule has 2 N–H and O–H groups in total. The Bertz CT molecular complexity index is 606. The minimum Gasteiger partial charge on any atom is -0.496 e. The number of rotatable bonds is 5. The van der Waals surface area contributed by atoms with Gasteiger partial charge in [-0.05, 0) is 25.5 Å². The van der Waals surface area contributed by atoms with E-state index < -0.39 is 0 Å². The molecule has 0 spiro atoms. The van der Waals surface area contributed by atoms with Crippen molar-refractivity contribution in [2.24, 2.45) is 4.99 Å². The van der Waals surface area contributed by atoms with Crippen LogP contribution >= 0.6 is 11.6 Å². The van der Waals surface area contributed by atoms with E-state index in [9.17, 15) is 4.79 Å². The monoisotopic (exact) mass is 352 g/mol. The Labute approximate surface area is 148 Å². The van der Waals surface area contributed by atoms with Crippen LogP contribution in [0.5, 0.6) is 5.75 Å². The lowest BCUT2D eigenvalue weighted by Gasteiger charge is -2.31. The van der Waals surface area contributed by atoms with Crippen molar-refractivity contribution in [3.63, 3.8) is 0 Å². The quantitative estimate of drug-likeness (QED) is 0.628. The Morgan fingerprint density at radius 3 is 2.96 bits per heavy atom. The molecule has 1 amide bonds. The fourth-order valence-corrected chi connectivity index (χ4v) is 2.82. The maximum absolute atomic E-state index is 11.6. The topological polar surface area (TPSA) is 66.0 Å². The number of halogens is 1. The Balaban J connectivity index is 2.04. The molecule has 2 rings (SSSR count). The number of nitrogens with one attached hydrogen (secondary N) is 2. The molecular formula is C17H25ClN4O2. The van der Waals surface area contributed by atoms with Gasteiger partial charge < -0.3 is 20.3 Å². The van der Waals surface area contributed by atoms with Crippen molar-refractivity contribution >= 4 is 23.5 Å². The highest BCUT2D eigenvalue weighted by atomic mass is 35.5. The molecule has 0 aliphatic carbocycles. The molecule has 6 nitrogen and oxygen atoms in total. The standard InChI is InChI=1S/C17H25ClN4O2/c1-4-19-17(21-14-7-8-16(23)22(2)11-14)20-10-12-5-6-13(18)9-15(12)24-3/h5-6,9,14H,4,7-8,10-11H2,1-3H3,(H2,19,20,21). The van der Waals surface area contributed by atoms with Gasteiger partial charge in [0.2, 0.25) is 5.91 Å². The lowest BCUT2D eigenvalue weighted by molar-refractivity contribution is -0.132. The number of carbonyl (C=O) groups is 1. The number of aliphatic imine (C=N–C) groups is 1. The largest absolute Gasteiger partial charge is 0.496 e. The van der Waals surface area contributed by atoms with E-state index >= 15 is 0 Å². The SMILES string of the molecule is CCNC(=NCc1ccc(Cl)cc1OC)NC1CCC(=O)N(C)C1. The highest BCUT2D eigenvalue weighted by Crippen LogP contribution is 2.23. The first-order chi connectivity index (χ1) is 11.5. The van der Waals surface area contributed by atoms with Crippen LogP contribution in [0.15, 0.2) is 23.2 Å². The second-order valence-corrected chi connectivity index (χ2v) is 6.24. The fraction of sp³-hybridized carbons (Fsp3) is 0.529. The summed E-state index contributed by atoms with van der Waals surface area (Å²) in [6.45, 7) is 3.96. The van der Waals surface area contributed by atoms with Gasteiger partial charge in [-0.15, -0.1) is 0 Å². The molecule has 1 fully saturated rings. The smallest absolute Gasteiger partial charge is 0.222 e. The first-order valence-electron chi connectivity index (χ1n) is 8.14. The molecule has 1 atom stereocenters. The minimum absolute atomic E-state index is 0.195. The van der Waals surface area contributed by atoms with E-state index in [1.165, 1.54) is 0 Å². The highest BCUT2D eigenvalue weighted by molar-refractivity contribution is 6.30. The Morgan fingerprint density at radius 2 is 2.29 bits per heavy atom. The molecule has 0 bridgehead atoms. The van der Waals surface area contributed by atoms with Crippen LogP contribution in [0.25, 0.3) is 0 Å². The number of likely N-dealkylation sites (tertiary alicyclic amines) is 1. The predicted octanol–water partition coefficient (Wildman–Crippen LogP) is 2.02. The zero-order valence-electron chi connectivity index (χ0n) is 14.4. The molecular weight excluding hydrogens is 328 g/mol. The summed E-state index contributed by atoms with van der Waals surface area (Å²) in [5, 5.41) is 7.29. The molecule has 132 valence electrons. The van der Waals surface area contributed by atoms with Gasteiger partial charge in [-0.2, -0.15) is 0 Å². The van der Waals surface area contributed by atoms with Crippen LogP contribution in [0.2, 0.25) is 5.02 Å². The average molecular weight is 353 g/mol. The molecule has 1 saturated heterocycles. The van der Waals surface area contributed by atoms with Gasteiger partial charge in [-0.3, -0.25) is 4.79 Å². The van der Waals surface area contributed by atoms with Crippen molar-refractivity contribution < 1.29 is 9.53 Å². The third-order valence-electron chi connectivity index (χ3n) is 3.97. The van der Waals surface area contributed by atoms with Gasteiger partial charge in [-0.1, -0.05) is 17.7 Å². The van der Waals surface area contributed by atoms with E-state index in [1.54, 1.807) is 18.1 Å². The van der Waals surface area contributed by atoms with Crippen LogP contribution in [0.1, 0.15) is 25.3 Å². The lowest BCUT2D eigenvalue weighted by Crippen LogP contribution is -2.51. The number of nitrogens with zero attached hydrogens (tertiary/aromatic N) is 2. The number of methoxy groups -OCH3 is 1. The van der Waals surface area contributed by atoms with E-state index in [2.05, 4.69) is 15.6 Å². The van der Waals surface area contributed by atoms with Gasteiger partial charge in [0.15, 0.2) is 5.96 Å². The predicted molar refractivity (Wildman–Crippen MR) is 96.6 cm³/mol. The van der Waals surface area contributed by atoms with E-state index in [-0.39, 0.29) is 11.9 Å². The van der Waals surface area contributed by atoms with Crippen molar-refractivity contribution in [2.45, 2.75) is 32.4 Å². The number of piperidine rings is 1. The second kappa shape index (κ2) is 8.78. The molecule has 1 aliphatic rings. The average Bonchev–Trinajstić information content (AvgIpc) is 2.57. The second-order valence-electron chi connectivity index (χ2n) is 5.81. The number of benzene rings is 1. The van der Waals surface area contributed by atoms with Crippen LogP contribution in [0.4, 0.5) is 0 Å². The first-order valence-corrected chi connectivity index (χ1v) is 8.52. The first kappa shape index (κ1) is 18.4. The molecule has 1 aromatic carbocycles. The number of likely N-dealkylation sites (N-methyl/N-ethyl adjacent to an activating group) is 1. The zero-order chi connectivity index (χ0) is 17.5. The summed E-state index contributed by atoms with van der Waals surface area (Å²) in [7, 11) is 3.45. The fourth-order valence-electron chi connectivity index (χ4n) is 2.66. The summed E-state index contributed by atoms with van der Waals surface area (Å²) in [5.41, 5.74) is 0.968.